The van der Waals surface area contributed by atoms with Gasteiger partial charge in [-0.15, -0.1) is 0 Å². The van der Waals surface area contributed by atoms with Crippen molar-refractivity contribution in [1.82, 2.24) is 5.43 Å². The number of methoxy groups -OCH3 is 2. The van der Waals surface area contributed by atoms with E-state index in [0.29, 0.717) is 28.6 Å². The number of nitrogens with one attached hydrogen (secondary N) is 1. The van der Waals surface area contributed by atoms with Gasteiger partial charge in [-0.1, -0.05) is 12.1 Å². The Labute approximate surface area is 132 Å². The van der Waals surface area contributed by atoms with Crippen molar-refractivity contribution in [1.29, 1.82) is 0 Å². The number of amides is 1. The number of hydrazine groups is 1. The van der Waals surface area contributed by atoms with Crippen molar-refractivity contribution in [3.05, 3.63) is 11.6 Å². The lowest BCUT2D eigenvalue weighted by Gasteiger charge is -2.19. The van der Waals surface area contributed by atoms with E-state index in [4.69, 9.17) is 29.6 Å². The normalized spacial score (nSPS) is 21.5. The zero-order valence-electron chi connectivity index (χ0n) is 12.9. The molecule has 1 amide bonds. The second kappa shape index (κ2) is 5.84. The molecule has 2 atom stereocenters. The monoisotopic (exact) mass is 323 g/mol. The molecule has 3 rings (SSSR count). The Kier molecular flexibility index (Phi) is 3.87. The first-order valence-corrected chi connectivity index (χ1v) is 6.91. The van der Waals surface area contributed by atoms with Crippen molar-refractivity contribution < 1.29 is 28.6 Å². The lowest BCUT2D eigenvalue weighted by Crippen LogP contribution is -2.38. The van der Waals surface area contributed by atoms with E-state index in [-0.39, 0.29) is 18.4 Å². The van der Waals surface area contributed by atoms with Gasteiger partial charge in [0.15, 0.2) is 23.3 Å². The maximum Gasteiger partial charge on any atom is 0.283 e. The van der Waals surface area contributed by atoms with Crippen LogP contribution in [0.1, 0.15) is 18.6 Å². The van der Waals surface area contributed by atoms with Crippen LogP contribution in [0.4, 0.5) is 0 Å². The van der Waals surface area contributed by atoms with E-state index in [1.807, 2.05) is 6.92 Å². The molecule has 23 heavy (non-hydrogen) atoms. The van der Waals surface area contributed by atoms with Crippen LogP contribution in [0, 0.1) is 5.92 Å². The molecule has 0 saturated carbocycles. The molecule has 0 saturated heterocycles. The van der Waals surface area contributed by atoms with Crippen LogP contribution in [0.5, 0.6) is 23.0 Å². The standard InChI is InChI=1S/C14H17N3O6/c1-6-9(14(18)16-15)17-23-10(6)7-4-8(19-2)12-13(11(7)20-3)22-5-21-12/h4,6,10H,5,15H2,1-3H3,(H,16,18)/t6-,10+/m1/s1. The smallest absolute Gasteiger partial charge is 0.283 e. The predicted molar refractivity (Wildman–Crippen MR) is 78.4 cm³/mol. The van der Waals surface area contributed by atoms with Crippen LogP contribution in [0.25, 0.3) is 0 Å². The molecule has 0 aromatic heterocycles. The summed E-state index contributed by atoms with van der Waals surface area (Å²) in [5, 5.41) is 3.83. The first-order chi connectivity index (χ1) is 11.1. The molecule has 0 spiro atoms. The number of nitrogens with zero attached hydrogens (tertiary/aromatic N) is 1. The van der Waals surface area contributed by atoms with Crippen LogP contribution in [-0.4, -0.2) is 32.6 Å². The fourth-order valence-electron chi connectivity index (χ4n) is 2.69. The molecule has 1 aromatic carbocycles. The number of carbonyl (C=O) groups excluding carboxylic acids is 1. The third kappa shape index (κ3) is 2.29. The second-order valence-electron chi connectivity index (χ2n) is 5.03. The Balaban J connectivity index is 2.03. The van der Waals surface area contributed by atoms with E-state index < -0.39 is 12.0 Å². The van der Waals surface area contributed by atoms with Crippen LogP contribution in [0.2, 0.25) is 0 Å². The number of rotatable bonds is 4. The molecule has 2 aliphatic heterocycles. The van der Waals surface area contributed by atoms with Gasteiger partial charge in [0.1, 0.15) is 0 Å². The van der Waals surface area contributed by atoms with Crippen LogP contribution in [-0.2, 0) is 9.63 Å². The van der Waals surface area contributed by atoms with Crippen molar-refractivity contribution in [3.8, 4) is 23.0 Å². The Bertz CT molecular complexity index is 675. The quantitative estimate of drug-likeness (QED) is 0.471. The zero-order chi connectivity index (χ0) is 16.6. The van der Waals surface area contributed by atoms with E-state index in [1.165, 1.54) is 14.2 Å². The van der Waals surface area contributed by atoms with Gasteiger partial charge in [0.2, 0.25) is 18.3 Å². The lowest BCUT2D eigenvalue weighted by molar-refractivity contribution is -0.115. The van der Waals surface area contributed by atoms with Crippen LogP contribution < -0.4 is 30.2 Å². The van der Waals surface area contributed by atoms with Crippen molar-refractivity contribution in [3.63, 3.8) is 0 Å². The highest BCUT2D eigenvalue weighted by atomic mass is 16.7. The van der Waals surface area contributed by atoms with Gasteiger partial charge >= 0.3 is 0 Å². The number of fused-ring (bicyclic) bond motifs is 1. The van der Waals surface area contributed by atoms with Crippen LogP contribution in [0.3, 0.4) is 0 Å². The van der Waals surface area contributed by atoms with Gasteiger partial charge in [-0.2, -0.15) is 0 Å². The van der Waals surface area contributed by atoms with Gasteiger partial charge < -0.3 is 23.8 Å². The molecule has 9 nitrogen and oxygen atoms in total. The van der Waals surface area contributed by atoms with E-state index in [0.717, 1.165) is 0 Å². The minimum atomic E-state index is -0.541. The Hall–Kier alpha value is -2.68. The summed E-state index contributed by atoms with van der Waals surface area (Å²) in [5.74, 6) is 6.18. The molecular formula is C14H17N3O6. The number of ether oxygens (including phenoxy) is 4. The average Bonchev–Trinajstić information content (AvgIpc) is 3.19. The first-order valence-electron chi connectivity index (χ1n) is 6.91. The van der Waals surface area contributed by atoms with E-state index >= 15 is 0 Å². The largest absolute Gasteiger partial charge is 0.493 e. The number of oxime groups is 1. The number of nitrogens with two attached hydrogens (primary N) is 1. The molecule has 0 radical (unpaired) electrons. The van der Waals surface area contributed by atoms with Gasteiger partial charge in [0.05, 0.1) is 20.1 Å². The summed E-state index contributed by atoms with van der Waals surface area (Å²) < 4.78 is 21.7. The maximum absolute atomic E-state index is 11.7. The molecule has 2 heterocycles. The van der Waals surface area contributed by atoms with Crippen molar-refractivity contribution in [2.45, 2.75) is 13.0 Å². The average molecular weight is 323 g/mol. The van der Waals surface area contributed by atoms with Gasteiger partial charge in [-0.3, -0.25) is 10.2 Å². The van der Waals surface area contributed by atoms with Crippen molar-refractivity contribution in [2.75, 3.05) is 21.0 Å². The Morgan fingerprint density at radius 3 is 2.74 bits per heavy atom. The summed E-state index contributed by atoms with van der Waals surface area (Å²) in [4.78, 5) is 17.1. The molecule has 0 bridgehead atoms. The van der Waals surface area contributed by atoms with E-state index in [9.17, 15) is 4.79 Å². The van der Waals surface area contributed by atoms with Gasteiger partial charge in [-0.05, 0) is 6.07 Å². The summed E-state index contributed by atoms with van der Waals surface area (Å²) in [6.07, 6.45) is -0.541. The number of carbonyl (C=O) groups is 1. The molecule has 0 aliphatic carbocycles. The van der Waals surface area contributed by atoms with E-state index in [2.05, 4.69) is 10.6 Å². The summed E-state index contributed by atoms with van der Waals surface area (Å²) in [6.45, 7) is 1.88. The SMILES string of the molecule is COc1cc([C@H]2ON=C(C(=O)NN)[C@H]2C)c(OC)c2c1OCO2. The van der Waals surface area contributed by atoms with Gasteiger partial charge in [-0.25, -0.2) is 5.84 Å². The van der Waals surface area contributed by atoms with Gasteiger partial charge in [0.25, 0.3) is 5.91 Å². The molecule has 1 aromatic rings. The minimum absolute atomic E-state index is 0.0733. The highest BCUT2D eigenvalue weighted by Gasteiger charge is 2.40. The van der Waals surface area contributed by atoms with Crippen molar-refractivity contribution in [2.24, 2.45) is 16.9 Å². The third-order valence-electron chi connectivity index (χ3n) is 3.84. The summed E-state index contributed by atoms with van der Waals surface area (Å²) >= 11 is 0. The van der Waals surface area contributed by atoms with Crippen molar-refractivity contribution >= 4 is 11.6 Å². The molecule has 124 valence electrons. The fraction of sp³-hybridized carbons (Fsp3) is 0.429. The van der Waals surface area contributed by atoms with Crippen LogP contribution in [0.15, 0.2) is 11.2 Å². The number of hydrogen-bond acceptors (Lipinski definition) is 8. The fourth-order valence-corrected chi connectivity index (χ4v) is 2.69. The minimum Gasteiger partial charge on any atom is -0.493 e. The molecular weight excluding hydrogens is 306 g/mol. The summed E-state index contributed by atoms with van der Waals surface area (Å²) in [7, 11) is 3.04. The topological polar surface area (TPSA) is 114 Å². The number of hydrogen-bond donors (Lipinski definition) is 2. The predicted octanol–water partition coefficient (Wildman–Crippen LogP) is 0.486. The first kappa shape index (κ1) is 15.2. The molecule has 0 fully saturated rings. The third-order valence-corrected chi connectivity index (χ3v) is 3.84. The second-order valence-corrected chi connectivity index (χ2v) is 5.03. The lowest BCUT2D eigenvalue weighted by atomic mass is 9.92. The zero-order valence-corrected chi connectivity index (χ0v) is 12.9. The van der Waals surface area contributed by atoms with E-state index in [1.54, 1.807) is 6.07 Å². The Morgan fingerprint density at radius 1 is 1.35 bits per heavy atom. The number of benzene rings is 1. The maximum atomic E-state index is 11.7. The molecule has 3 N–H and O–H groups in total. The highest BCUT2D eigenvalue weighted by molar-refractivity contribution is 6.39. The summed E-state index contributed by atoms with van der Waals surface area (Å²) in [5.41, 5.74) is 2.90. The molecule has 0 unspecified atom stereocenters. The highest BCUT2D eigenvalue weighted by Crippen LogP contribution is 2.52. The summed E-state index contributed by atoms with van der Waals surface area (Å²) in [6, 6.07) is 1.73. The molecule has 9 heteroatoms. The van der Waals surface area contributed by atoms with Crippen LogP contribution >= 0.6 is 0 Å². The molecule has 2 aliphatic rings. The van der Waals surface area contributed by atoms with Gasteiger partial charge in [0, 0.05) is 5.56 Å². The Morgan fingerprint density at radius 2 is 2.09 bits per heavy atom.